The summed E-state index contributed by atoms with van der Waals surface area (Å²) in [5.74, 6) is -0.256. The first-order chi connectivity index (χ1) is 9.29. The minimum Gasteiger partial charge on any atom is -0.332 e. The van der Waals surface area contributed by atoms with E-state index in [-0.39, 0.29) is 5.91 Å². The molecule has 1 rings (SSSR count). The highest BCUT2D eigenvalue weighted by Gasteiger charge is 2.37. The lowest BCUT2D eigenvalue weighted by molar-refractivity contribution is 0.0862. The number of hydrogen-bond donors (Lipinski definition) is 1. The number of rotatable bonds is 5. The van der Waals surface area contributed by atoms with Crippen molar-refractivity contribution in [3.63, 3.8) is 0 Å². The molecule has 112 valence electrons. The van der Waals surface area contributed by atoms with Crippen LogP contribution in [-0.4, -0.2) is 33.9 Å². The Hall–Kier alpha value is -0.480. The standard InChI is InChI=1S/C14H19Cl3N2O/c1-4-19(5-2)13(14(15,16)17)18-12(20)11-8-6-10(3)7-9-11/h6-9,13H,4-5H2,1-3H3,(H,18,20)/t13-/m0/s1. The summed E-state index contributed by atoms with van der Waals surface area (Å²) in [7, 11) is 0. The Morgan fingerprint density at radius 1 is 1.20 bits per heavy atom. The van der Waals surface area contributed by atoms with Crippen LogP contribution in [0.5, 0.6) is 0 Å². The smallest absolute Gasteiger partial charge is 0.252 e. The van der Waals surface area contributed by atoms with Crippen molar-refractivity contribution in [2.45, 2.75) is 30.7 Å². The highest BCUT2D eigenvalue weighted by atomic mass is 35.6. The molecule has 0 aliphatic heterocycles. The van der Waals surface area contributed by atoms with Gasteiger partial charge in [0, 0.05) is 5.56 Å². The zero-order valence-corrected chi connectivity index (χ0v) is 14.1. The number of aryl methyl sites for hydroxylation is 1. The van der Waals surface area contributed by atoms with Crippen molar-refractivity contribution in [3.05, 3.63) is 35.4 Å². The number of carbonyl (C=O) groups excluding carboxylic acids is 1. The minimum absolute atomic E-state index is 0.256. The molecular weight excluding hydrogens is 319 g/mol. The highest BCUT2D eigenvalue weighted by Crippen LogP contribution is 2.32. The van der Waals surface area contributed by atoms with Crippen molar-refractivity contribution in [2.75, 3.05) is 13.1 Å². The molecule has 0 heterocycles. The van der Waals surface area contributed by atoms with E-state index in [0.29, 0.717) is 18.7 Å². The number of amides is 1. The summed E-state index contributed by atoms with van der Waals surface area (Å²) in [6.07, 6.45) is -0.670. The fraction of sp³-hybridized carbons (Fsp3) is 0.500. The van der Waals surface area contributed by atoms with Crippen LogP contribution in [0, 0.1) is 6.92 Å². The van der Waals surface area contributed by atoms with Crippen LogP contribution in [0.4, 0.5) is 0 Å². The lowest BCUT2D eigenvalue weighted by Gasteiger charge is -2.35. The van der Waals surface area contributed by atoms with Gasteiger partial charge in [0.05, 0.1) is 0 Å². The monoisotopic (exact) mass is 336 g/mol. The van der Waals surface area contributed by atoms with Crippen molar-refractivity contribution >= 4 is 40.7 Å². The van der Waals surface area contributed by atoms with E-state index >= 15 is 0 Å². The van der Waals surface area contributed by atoms with Crippen LogP contribution in [-0.2, 0) is 0 Å². The molecule has 0 radical (unpaired) electrons. The van der Waals surface area contributed by atoms with E-state index in [1.54, 1.807) is 12.1 Å². The Labute approximate surface area is 135 Å². The maximum Gasteiger partial charge on any atom is 0.252 e. The number of nitrogens with one attached hydrogen (secondary N) is 1. The van der Waals surface area contributed by atoms with E-state index in [9.17, 15) is 4.79 Å². The second-order valence-electron chi connectivity index (χ2n) is 4.50. The Morgan fingerprint density at radius 3 is 2.10 bits per heavy atom. The molecule has 0 saturated carbocycles. The third-order valence-corrected chi connectivity index (χ3v) is 3.69. The van der Waals surface area contributed by atoms with Crippen molar-refractivity contribution in [1.29, 1.82) is 0 Å². The first kappa shape index (κ1) is 17.6. The number of carbonyl (C=O) groups is 1. The average molecular weight is 338 g/mol. The summed E-state index contributed by atoms with van der Waals surface area (Å²) >= 11 is 17.9. The topological polar surface area (TPSA) is 32.3 Å². The van der Waals surface area contributed by atoms with E-state index in [1.807, 2.05) is 37.8 Å². The highest BCUT2D eigenvalue weighted by molar-refractivity contribution is 6.68. The summed E-state index contributed by atoms with van der Waals surface area (Å²) < 4.78 is -1.59. The van der Waals surface area contributed by atoms with Gasteiger partial charge < -0.3 is 5.32 Å². The van der Waals surface area contributed by atoms with Gasteiger partial charge in [-0.25, -0.2) is 0 Å². The number of alkyl halides is 3. The molecule has 1 aromatic carbocycles. The molecule has 1 N–H and O–H groups in total. The maximum atomic E-state index is 12.2. The van der Waals surface area contributed by atoms with Gasteiger partial charge in [-0.15, -0.1) is 0 Å². The van der Waals surface area contributed by atoms with E-state index in [4.69, 9.17) is 34.8 Å². The molecule has 20 heavy (non-hydrogen) atoms. The molecule has 0 aliphatic rings. The molecule has 1 aromatic rings. The van der Waals surface area contributed by atoms with Crippen LogP contribution in [0.25, 0.3) is 0 Å². The van der Waals surface area contributed by atoms with E-state index < -0.39 is 9.96 Å². The SMILES string of the molecule is CCN(CC)[C@H](NC(=O)c1ccc(C)cc1)C(Cl)(Cl)Cl. The molecular formula is C14H19Cl3N2O. The van der Waals surface area contributed by atoms with Crippen LogP contribution in [0.15, 0.2) is 24.3 Å². The molecule has 0 aliphatic carbocycles. The quantitative estimate of drug-likeness (QED) is 0.655. The van der Waals surface area contributed by atoms with Gasteiger partial charge in [0.25, 0.3) is 5.91 Å². The lowest BCUT2D eigenvalue weighted by atomic mass is 10.1. The summed E-state index contributed by atoms with van der Waals surface area (Å²) in [6, 6.07) is 7.25. The van der Waals surface area contributed by atoms with Gasteiger partial charge in [0.1, 0.15) is 6.17 Å². The van der Waals surface area contributed by atoms with E-state index in [0.717, 1.165) is 5.56 Å². The van der Waals surface area contributed by atoms with Gasteiger partial charge in [-0.2, -0.15) is 0 Å². The fourth-order valence-corrected chi connectivity index (χ4v) is 2.46. The number of nitrogens with zero attached hydrogens (tertiary/aromatic N) is 1. The molecule has 3 nitrogen and oxygen atoms in total. The molecule has 1 atom stereocenters. The fourth-order valence-electron chi connectivity index (χ4n) is 1.88. The molecule has 0 fully saturated rings. The first-order valence-electron chi connectivity index (χ1n) is 6.47. The second-order valence-corrected chi connectivity index (χ2v) is 6.87. The van der Waals surface area contributed by atoms with Gasteiger partial charge in [0.2, 0.25) is 3.79 Å². The summed E-state index contributed by atoms with van der Waals surface area (Å²) in [5.41, 5.74) is 1.63. The van der Waals surface area contributed by atoms with Crippen LogP contribution in [0.1, 0.15) is 29.8 Å². The predicted octanol–water partition coefficient (Wildman–Crippen LogP) is 3.76. The Balaban J connectivity index is 2.89. The molecule has 0 unspecified atom stereocenters. The second kappa shape index (κ2) is 7.51. The predicted molar refractivity (Wildman–Crippen MR) is 85.6 cm³/mol. The lowest BCUT2D eigenvalue weighted by Crippen LogP contribution is -2.55. The van der Waals surface area contributed by atoms with Gasteiger partial charge in [-0.05, 0) is 32.1 Å². The van der Waals surface area contributed by atoms with Gasteiger partial charge in [-0.3, -0.25) is 9.69 Å². The average Bonchev–Trinajstić information content (AvgIpc) is 2.38. The van der Waals surface area contributed by atoms with E-state index in [1.165, 1.54) is 0 Å². The van der Waals surface area contributed by atoms with Crippen LogP contribution in [0.3, 0.4) is 0 Å². The molecule has 0 bridgehead atoms. The summed E-state index contributed by atoms with van der Waals surface area (Å²) in [6.45, 7) is 7.20. The van der Waals surface area contributed by atoms with Gasteiger partial charge >= 0.3 is 0 Å². The van der Waals surface area contributed by atoms with Crippen LogP contribution in [0.2, 0.25) is 0 Å². The Kier molecular flexibility index (Phi) is 6.59. The molecule has 0 aromatic heterocycles. The van der Waals surface area contributed by atoms with Crippen molar-refractivity contribution < 1.29 is 4.79 Å². The van der Waals surface area contributed by atoms with Crippen LogP contribution < -0.4 is 5.32 Å². The molecule has 0 saturated heterocycles. The Morgan fingerprint density at radius 2 is 1.70 bits per heavy atom. The minimum atomic E-state index is -1.59. The summed E-state index contributed by atoms with van der Waals surface area (Å²) in [5, 5.41) is 2.79. The number of halogens is 3. The zero-order valence-electron chi connectivity index (χ0n) is 11.8. The van der Waals surface area contributed by atoms with Gasteiger partial charge in [0.15, 0.2) is 0 Å². The Bertz CT molecular complexity index is 439. The zero-order chi connectivity index (χ0) is 15.3. The first-order valence-corrected chi connectivity index (χ1v) is 7.61. The third-order valence-electron chi connectivity index (χ3n) is 3.07. The van der Waals surface area contributed by atoms with E-state index in [2.05, 4.69) is 5.32 Å². The molecule has 1 amide bonds. The number of benzene rings is 1. The van der Waals surface area contributed by atoms with Gasteiger partial charge in [-0.1, -0.05) is 66.3 Å². The largest absolute Gasteiger partial charge is 0.332 e. The summed E-state index contributed by atoms with van der Waals surface area (Å²) in [4.78, 5) is 14.1. The van der Waals surface area contributed by atoms with Crippen molar-refractivity contribution in [2.24, 2.45) is 0 Å². The van der Waals surface area contributed by atoms with Crippen molar-refractivity contribution in [3.8, 4) is 0 Å². The number of hydrogen-bond acceptors (Lipinski definition) is 2. The van der Waals surface area contributed by atoms with Crippen LogP contribution >= 0.6 is 34.8 Å². The third kappa shape index (κ3) is 4.81. The molecule has 0 spiro atoms. The normalized spacial score (nSPS) is 13.3. The molecule has 6 heteroatoms. The maximum absolute atomic E-state index is 12.2. The van der Waals surface area contributed by atoms with Crippen molar-refractivity contribution in [1.82, 2.24) is 10.2 Å².